The maximum Gasteiger partial charge on any atom is 0.273 e. The molecule has 2 heterocycles. The highest BCUT2D eigenvalue weighted by Gasteiger charge is 2.33. The largest absolute Gasteiger partial charge is 0.485 e. The fourth-order valence-corrected chi connectivity index (χ4v) is 4.63. The highest BCUT2D eigenvalue weighted by molar-refractivity contribution is 7.22. The monoisotopic (exact) mass is 461 g/mol. The first kappa shape index (κ1) is 23.3. The average molecular weight is 462 g/mol. The topological polar surface area (TPSA) is 54.9 Å². The number of thiazole rings is 1. The summed E-state index contributed by atoms with van der Waals surface area (Å²) in [5, 5.41) is 0.704. The molecule has 1 amide bonds. The van der Waals surface area contributed by atoms with E-state index in [0.29, 0.717) is 23.2 Å². The standard InChI is InChI=1S/C23H27N3O3S.ClH/c1-4-25(5-2)12-13-26(23-24-17-11-10-16(3)14-21(17)30-23)22(27)20-15-28-18-8-6-7-9-19(18)29-20;/h6-11,14,20H,4-5,12-13,15H2,1-3H3;1H. The van der Waals surface area contributed by atoms with Gasteiger partial charge in [0.15, 0.2) is 16.6 Å². The van der Waals surface area contributed by atoms with Crippen molar-refractivity contribution in [1.82, 2.24) is 9.88 Å². The van der Waals surface area contributed by atoms with Crippen LogP contribution in [0.5, 0.6) is 11.5 Å². The van der Waals surface area contributed by atoms with Crippen LogP contribution < -0.4 is 14.4 Å². The summed E-state index contributed by atoms with van der Waals surface area (Å²) in [4.78, 5) is 22.3. The number of ether oxygens (including phenoxy) is 2. The zero-order valence-corrected chi connectivity index (χ0v) is 19.7. The molecule has 1 aromatic heterocycles. The zero-order valence-electron chi connectivity index (χ0n) is 18.0. The minimum Gasteiger partial charge on any atom is -0.485 e. The number of hydrogen-bond acceptors (Lipinski definition) is 6. The molecule has 0 aliphatic carbocycles. The van der Waals surface area contributed by atoms with Crippen LogP contribution in [0.3, 0.4) is 0 Å². The Balaban J connectivity index is 0.00000272. The maximum absolute atomic E-state index is 13.5. The van der Waals surface area contributed by atoms with Crippen LogP contribution in [0.4, 0.5) is 5.13 Å². The van der Waals surface area contributed by atoms with E-state index >= 15 is 0 Å². The van der Waals surface area contributed by atoms with Crippen molar-refractivity contribution < 1.29 is 14.3 Å². The highest BCUT2D eigenvalue weighted by atomic mass is 35.5. The SMILES string of the molecule is CCN(CC)CCN(C(=O)C1COc2ccccc2O1)c1nc2ccc(C)cc2s1.Cl. The van der Waals surface area contributed by atoms with E-state index in [4.69, 9.17) is 14.5 Å². The third-order valence-corrected chi connectivity index (χ3v) is 6.39. The number of likely N-dealkylation sites (N-methyl/N-ethyl adjacent to an activating group) is 1. The molecule has 0 bridgehead atoms. The molecule has 8 heteroatoms. The Morgan fingerprint density at radius 1 is 1.13 bits per heavy atom. The van der Waals surface area contributed by atoms with E-state index in [-0.39, 0.29) is 24.9 Å². The zero-order chi connectivity index (χ0) is 21.1. The van der Waals surface area contributed by atoms with Crippen LogP contribution in [-0.2, 0) is 4.79 Å². The van der Waals surface area contributed by atoms with E-state index < -0.39 is 6.10 Å². The number of hydrogen-bond donors (Lipinski definition) is 0. The van der Waals surface area contributed by atoms with E-state index in [2.05, 4.69) is 31.7 Å². The van der Waals surface area contributed by atoms with Crippen molar-refractivity contribution in [3.63, 3.8) is 0 Å². The van der Waals surface area contributed by atoms with Gasteiger partial charge in [0.05, 0.1) is 10.2 Å². The molecule has 3 aromatic rings. The molecule has 6 nitrogen and oxygen atoms in total. The fraction of sp³-hybridized carbons (Fsp3) is 0.391. The molecule has 1 aliphatic heterocycles. The first-order valence-corrected chi connectivity index (χ1v) is 11.2. The maximum atomic E-state index is 13.5. The second-order valence-electron chi connectivity index (χ2n) is 7.35. The molecule has 1 aliphatic rings. The Morgan fingerprint density at radius 3 is 2.61 bits per heavy atom. The van der Waals surface area contributed by atoms with Crippen molar-refractivity contribution in [2.45, 2.75) is 26.9 Å². The van der Waals surface area contributed by atoms with Gasteiger partial charge in [0, 0.05) is 13.1 Å². The summed E-state index contributed by atoms with van der Waals surface area (Å²) in [6.45, 7) is 9.73. The number of para-hydroxylation sites is 2. The van der Waals surface area contributed by atoms with Crippen LogP contribution >= 0.6 is 23.7 Å². The smallest absolute Gasteiger partial charge is 0.273 e. The van der Waals surface area contributed by atoms with Gasteiger partial charge in [0.1, 0.15) is 6.61 Å². The van der Waals surface area contributed by atoms with Crippen molar-refractivity contribution in [1.29, 1.82) is 0 Å². The van der Waals surface area contributed by atoms with Crippen molar-refractivity contribution in [3.8, 4) is 11.5 Å². The van der Waals surface area contributed by atoms with Gasteiger partial charge in [-0.15, -0.1) is 12.4 Å². The van der Waals surface area contributed by atoms with Crippen molar-refractivity contribution in [3.05, 3.63) is 48.0 Å². The van der Waals surface area contributed by atoms with Crippen molar-refractivity contribution in [2.75, 3.05) is 37.7 Å². The first-order chi connectivity index (χ1) is 14.6. The summed E-state index contributed by atoms with van der Waals surface area (Å²) in [6, 6.07) is 13.6. The van der Waals surface area contributed by atoms with Crippen molar-refractivity contribution in [2.24, 2.45) is 0 Å². The lowest BCUT2D eigenvalue weighted by Crippen LogP contribution is -2.48. The summed E-state index contributed by atoms with van der Waals surface area (Å²) in [7, 11) is 0. The number of aromatic nitrogens is 1. The highest BCUT2D eigenvalue weighted by Crippen LogP contribution is 2.33. The van der Waals surface area contributed by atoms with E-state index in [1.165, 1.54) is 5.56 Å². The second-order valence-corrected chi connectivity index (χ2v) is 8.36. The lowest BCUT2D eigenvalue weighted by Gasteiger charge is -2.30. The van der Waals surface area contributed by atoms with Gasteiger partial charge in [0.2, 0.25) is 6.10 Å². The lowest BCUT2D eigenvalue weighted by atomic mass is 10.2. The molecule has 31 heavy (non-hydrogen) atoms. The number of carbonyl (C=O) groups is 1. The van der Waals surface area contributed by atoms with Crippen LogP contribution in [0.25, 0.3) is 10.2 Å². The number of halogens is 1. The number of carbonyl (C=O) groups excluding carboxylic acids is 1. The number of rotatable bonds is 7. The fourth-order valence-electron chi connectivity index (χ4n) is 3.53. The number of nitrogens with zero attached hydrogens (tertiary/aromatic N) is 3. The van der Waals surface area contributed by atoms with Gasteiger partial charge in [-0.05, 0) is 49.8 Å². The van der Waals surface area contributed by atoms with Gasteiger partial charge in [-0.3, -0.25) is 9.69 Å². The van der Waals surface area contributed by atoms with Crippen LogP contribution in [0, 0.1) is 6.92 Å². The quantitative estimate of drug-likeness (QED) is 0.517. The van der Waals surface area contributed by atoms with E-state index in [1.54, 1.807) is 16.2 Å². The molecule has 0 saturated carbocycles. The Morgan fingerprint density at radius 2 is 1.87 bits per heavy atom. The molecule has 1 atom stereocenters. The summed E-state index contributed by atoms with van der Waals surface area (Å²) in [5.74, 6) is 1.16. The third kappa shape index (κ3) is 5.11. The molecule has 166 valence electrons. The van der Waals surface area contributed by atoms with Crippen LogP contribution in [0.2, 0.25) is 0 Å². The van der Waals surface area contributed by atoms with Crippen molar-refractivity contribution >= 4 is 45.0 Å². The minimum absolute atomic E-state index is 0. The van der Waals surface area contributed by atoms with Gasteiger partial charge in [-0.25, -0.2) is 4.98 Å². The summed E-state index contributed by atoms with van der Waals surface area (Å²) in [6.07, 6.45) is -0.689. The number of benzene rings is 2. The number of amides is 1. The minimum atomic E-state index is -0.689. The summed E-state index contributed by atoms with van der Waals surface area (Å²) >= 11 is 1.54. The summed E-state index contributed by atoms with van der Waals surface area (Å²) in [5.41, 5.74) is 2.09. The Labute approximate surface area is 193 Å². The molecule has 2 aromatic carbocycles. The van der Waals surface area contributed by atoms with Gasteiger partial charge >= 0.3 is 0 Å². The molecular formula is C23H28ClN3O3S. The predicted octanol–water partition coefficient (Wildman–Crippen LogP) is 4.54. The molecule has 1 unspecified atom stereocenters. The van der Waals surface area contributed by atoms with Crippen LogP contribution in [0.1, 0.15) is 19.4 Å². The van der Waals surface area contributed by atoms with E-state index in [1.807, 2.05) is 36.4 Å². The Bertz CT molecular complexity index is 1040. The van der Waals surface area contributed by atoms with Crippen LogP contribution in [-0.4, -0.2) is 54.7 Å². The van der Waals surface area contributed by atoms with Gasteiger partial charge in [-0.2, -0.15) is 0 Å². The van der Waals surface area contributed by atoms with E-state index in [0.717, 1.165) is 29.9 Å². The number of fused-ring (bicyclic) bond motifs is 2. The van der Waals surface area contributed by atoms with Gasteiger partial charge in [-0.1, -0.05) is 43.4 Å². The summed E-state index contributed by atoms with van der Waals surface area (Å²) < 4.78 is 12.9. The van der Waals surface area contributed by atoms with E-state index in [9.17, 15) is 4.79 Å². The Kier molecular flexibility index (Phi) is 7.75. The molecule has 0 N–H and O–H groups in total. The number of aryl methyl sites for hydroxylation is 1. The normalized spacial score (nSPS) is 15.0. The molecule has 0 saturated heterocycles. The lowest BCUT2D eigenvalue weighted by molar-refractivity contribution is -0.127. The Hall–Kier alpha value is -2.35. The molecule has 0 fully saturated rings. The van der Waals surface area contributed by atoms with Crippen LogP contribution in [0.15, 0.2) is 42.5 Å². The second kappa shape index (κ2) is 10.3. The van der Waals surface area contributed by atoms with Gasteiger partial charge < -0.3 is 14.4 Å². The molecule has 0 spiro atoms. The molecule has 4 rings (SSSR count). The molecule has 0 radical (unpaired) electrons. The third-order valence-electron chi connectivity index (χ3n) is 5.35. The predicted molar refractivity (Wildman–Crippen MR) is 128 cm³/mol. The average Bonchev–Trinajstić information content (AvgIpc) is 3.18. The molecular weight excluding hydrogens is 434 g/mol. The number of anilines is 1. The van der Waals surface area contributed by atoms with Gasteiger partial charge in [0.25, 0.3) is 5.91 Å². The first-order valence-electron chi connectivity index (χ1n) is 10.4.